The number of carboxylic acid groups (broad SMARTS) is 1. The van der Waals surface area contributed by atoms with Gasteiger partial charge < -0.3 is 14.9 Å². The van der Waals surface area contributed by atoms with Gasteiger partial charge in [0.1, 0.15) is 0 Å². The van der Waals surface area contributed by atoms with Gasteiger partial charge >= 0.3 is 13.6 Å². The van der Waals surface area contributed by atoms with Gasteiger partial charge in [0.15, 0.2) is 0 Å². The molecular weight excluding hydrogens is 193 g/mol. The van der Waals surface area contributed by atoms with Gasteiger partial charge in [-0.2, -0.15) is 13.5 Å². The molecule has 0 atom stereocenters. The van der Waals surface area contributed by atoms with E-state index < -0.39 is 26.4 Å². The van der Waals surface area contributed by atoms with E-state index in [1.165, 1.54) is 0 Å². The van der Waals surface area contributed by atoms with E-state index in [-0.39, 0.29) is 13.5 Å². The van der Waals surface area contributed by atoms with Crippen LogP contribution in [0.3, 0.4) is 0 Å². The third-order valence-corrected chi connectivity index (χ3v) is 1.23. The quantitative estimate of drug-likeness (QED) is 0.432. The zero-order valence-electron chi connectivity index (χ0n) is 5.52. The molecule has 0 aromatic carbocycles. The molecule has 0 bridgehead atoms. The maximum absolute atomic E-state index is 10.1. The Labute approximate surface area is 70.2 Å². The highest BCUT2D eigenvalue weighted by Crippen LogP contribution is 2.31. The molecule has 0 unspecified atom stereocenters. The van der Waals surface area contributed by atoms with E-state index in [0.29, 0.717) is 0 Å². The zero-order chi connectivity index (χ0) is 8.20. The molecule has 0 aliphatic carbocycles. The van der Waals surface area contributed by atoms with Gasteiger partial charge in [0.25, 0.3) is 0 Å². The number of hydrogen-bond acceptors (Lipinski definition) is 3. The lowest BCUT2D eigenvalue weighted by atomic mass is 10.7. The maximum Gasteiger partial charge on any atom is 0.339 e. The van der Waals surface area contributed by atoms with Crippen molar-refractivity contribution >= 4 is 27.1 Å². The first-order valence-electron chi connectivity index (χ1n) is 2.39. The first-order chi connectivity index (χ1) is 4.42. The summed E-state index contributed by atoms with van der Waals surface area (Å²) in [6.07, 6.45) is -0.598. The number of aliphatic carboxylic acids is 1. The van der Waals surface area contributed by atoms with Gasteiger partial charge in [0, 0.05) is 0 Å². The van der Waals surface area contributed by atoms with Gasteiger partial charge in [-0.3, -0.25) is 14.7 Å². The normalized spacial score (nSPS) is 10.4. The number of hydrogen-bond donors (Lipinski definition) is 4. The zero-order valence-corrected chi connectivity index (χ0v) is 7.41. The summed E-state index contributed by atoms with van der Waals surface area (Å²) in [5, 5.41) is 10.1. The molecule has 0 aromatic heterocycles. The minimum Gasteiger partial charge on any atom is -0.480 e. The SMILES string of the molecule is O=C(O)CNCP(=O)(O)O.S. The van der Waals surface area contributed by atoms with Crippen LogP contribution in [-0.2, 0) is 9.36 Å². The Bertz CT molecular complexity index is 167. The molecule has 0 radical (unpaired) electrons. The minimum atomic E-state index is -4.10. The van der Waals surface area contributed by atoms with Crippen molar-refractivity contribution in [3.05, 3.63) is 0 Å². The smallest absolute Gasteiger partial charge is 0.339 e. The molecule has 0 rings (SSSR count). The topological polar surface area (TPSA) is 107 Å². The molecule has 11 heavy (non-hydrogen) atoms. The van der Waals surface area contributed by atoms with Crippen molar-refractivity contribution in [2.75, 3.05) is 12.8 Å². The van der Waals surface area contributed by atoms with Crippen LogP contribution in [-0.4, -0.2) is 33.7 Å². The Balaban J connectivity index is 0. The Kier molecular flexibility index (Phi) is 6.84. The van der Waals surface area contributed by atoms with E-state index in [2.05, 4.69) is 5.32 Å². The summed E-state index contributed by atoms with van der Waals surface area (Å²) < 4.78 is 10.1. The van der Waals surface area contributed by atoms with Crippen molar-refractivity contribution in [3.63, 3.8) is 0 Å². The standard InChI is InChI=1S/C3H8NO5P.H2S/c5-3(6)1-4-2-10(7,8)9;/h4H,1-2H2,(H,5,6)(H2,7,8,9);1H2. The highest BCUT2D eigenvalue weighted by Gasteiger charge is 2.11. The molecule has 0 amide bonds. The van der Waals surface area contributed by atoms with Crippen molar-refractivity contribution in [1.82, 2.24) is 5.32 Å². The largest absolute Gasteiger partial charge is 0.480 e. The predicted molar refractivity (Wildman–Crippen MR) is 42.9 cm³/mol. The lowest BCUT2D eigenvalue weighted by molar-refractivity contribution is -0.135. The summed E-state index contributed by atoms with van der Waals surface area (Å²) >= 11 is 0. The summed E-state index contributed by atoms with van der Waals surface area (Å²) in [7, 11) is -4.10. The number of rotatable bonds is 4. The summed E-state index contributed by atoms with van der Waals surface area (Å²) in [4.78, 5) is 26.1. The molecule has 0 aromatic rings. The molecule has 0 aliphatic heterocycles. The lowest BCUT2D eigenvalue weighted by Gasteiger charge is -2.02. The van der Waals surface area contributed by atoms with Crippen LogP contribution in [0.15, 0.2) is 0 Å². The number of carboxylic acids is 1. The van der Waals surface area contributed by atoms with E-state index in [9.17, 15) is 9.36 Å². The van der Waals surface area contributed by atoms with Crippen LogP contribution in [0.5, 0.6) is 0 Å². The summed E-state index contributed by atoms with van der Waals surface area (Å²) in [5.41, 5.74) is 0. The fraction of sp³-hybridized carbons (Fsp3) is 0.667. The average molecular weight is 203 g/mol. The Morgan fingerprint density at radius 3 is 2.18 bits per heavy atom. The molecule has 0 spiro atoms. The fourth-order valence-corrected chi connectivity index (χ4v) is 0.712. The van der Waals surface area contributed by atoms with Crippen molar-refractivity contribution < 1.29 is 24.3 Å². The number of carbonyl (C=O) groups is 1. The predicted octanol–water partition coefficient (Wildman–Crippen LogP) is -1.09. The van der Waals surface area contributed by atoms with Gasteiger partial charge in [-0.05, 0) is 0 Å². The van der Waals surface area contributed by atoms with Crippen molar-refractivity contribution in [2.45, 2.75) is 0 Å². The molecule has 0 saturated carbocycles. The van der Waals surface area contributed by atoms with Crippen LogP contribution >= 0.6 is 21.1 Å². The second-order valence-corrected chi connectivity index (χ2v) is 3.29. The maximum atomic E-state index is 10.1. The van der Waals surface area contributed by atoms with Gasteiger partial charge in [0.05, 0.1) is 12.8 Å². The molecule has 6 nitrogen and oxygen atoms in total. The van der Waals surface area contributed by atoms with Crippen LogP contribution < -0.4 is 5.32 Å². The number of nitrogens with one attached hydrogen (secondary N) is 1. The van der Waals surface area contributed by atoms with E-state index in [1.54, 1.807) is 0 Å². The van der Waals surface area contributed by atoms with Crippen molar-refractivity contribution in [1.29, 1.82) is 0 Å². The van der Waals surface area contributed by atoms with E-state index in [4.69, 9.17) is 14.9 Å². The Morgan fingerprint density at radius 1 is 1.45 bits per heavy atom. The van der Waals surface area contributed by atoms with Crippen LogP contribution in [0.4, 0.5) is 0 Å². The molecule has 4 N–H and O–H groups in total. The monoisotopic (exact) mass is 203 g/mol. The van der Waals surface area contributed by atoms with Crippen LogP contribution in [0.2, 0.25) is 0 Å². The second-order valence-electron chi connectivity index (χ2n) is 1.64. The highest BCUT2D eigenvalue weighted by atomic mass is 32.1. The lowest BCUT2D eigenvalue weighted by Crippen LogP contribution is -2.23. The van der Waals surface area contributed by atoms with Gasteiger partial charge in [-0.1, -0.05) is 0 Å². The first-order valence-corrected chi connectivity index (χ1v) is 4.18. The van der Waals surface area contributed by atoms with E-state index >= 15 is 0 Å². The van der Waals surface area contributed by atoms with E-state index in [0.717, 1.165) is 0 Å². The third kappa shape index (κ3) is 13.0. The van der Waals surface area contributed by atoms with Crippen LogP contribution in [0.1, 0.15) is 0 Å². The van der Waals surface area contributed by atoms with Crippen LogP contribution in [0, 0.1) is 0 Å². The molecular formula is C3H10NO5PS. The molecule has 0 aliphatic rings. The third-order valence-electron chi connectivity index (χ3n) is 0.594. The minimum absolute atomic E-state index is 0. The molecule has 68 valence electrons. The highest BCUT2D eigenvalue weighted by molar-refractivity contribution is 7.59. The second kappa shape index (κ2) is 5.56. The Hall–Kier alpha value is -0.0700. The van der Waals surface area contributed by atoms with Gasteiger partial charge in [-0.15, -0.1) is 0 Å². The molecule has 0 fully saturated rings. The molecule has 0 saturated heterocycles. The van der Waals surface area contributed by atoms with Gasteiger partial charge in [-0.25, -0.2) is 0 Å². The van der Waals surface area contributed by atoms with E-state index in [1.807, 2.05) is 0 Å². The Morgan fingerprint density at radius 2 is 1.91 bits per heavy atom. The molecule has 8 heteroatoms. The summed E-state index contributed by atoms with van der Waals surface area (Å²) in [6.45, 7) is -0.439. The summed E-state index contributed by atoms with van der Waals surface area (Å²) in [5.74, 6) is -1.14. The summed E-state index contributed by atoms with van der Waals surface area (Å²) in [6, 6.07) is 0. The fourth-order valence-electron chi connectivity index (χ4n) is 0.308. The average Bonchev–Trinajstić information content (AvgIpc) is 1.59. The van der Waals surface area contributed by atoms with Gasteiger partial charge in [0.2, 0.25) is 0 Å². The first kappa shape index (κ1) is 13.5. The van der Waals surface area contributed by atoms with Crippen molar-refractivity contribution in [2.24, 2.45) is 0 Å². The van der Waals surface area contributed by atoms with Crippen molar-refractivity contribution in [3.8, 4) is 0 Å². The molecule has 0 heterocycles. The van der Waals surface area contributed by atoms with Crippen LogP contribution in [0.25, 0.3) is 0 Å².